The molecule has 2 aliphatic carbocycles. The Balaban J connectivity index is 1.90. The molecule has 0 amide bonds. The van der Waals surface area contributed by atoms with Crippen molar-refractivity contribution in [1.82, 2.24) is 0 Å². The van der Waals surface area contributed by atoms with Crippen LogP contribution < -0.4 is 0 Å². The van der Waals surface area contributed by atoms with Gasteiger partial charge in [0.25, 0.3) is 0 Å². The maximum atomic E-state index is 11.8. The molecule has 2 fully saturated rings. The third kappa shape index (κ3) is 2.46. The number of carbonyl (C=O) groups is 1. The second-order valence-corrected chi connectivity index (χ2v) is 4.75. The molecule has 0 N–H and O–H groups in total. The minimum absolute atomic E-state index is 0.379. The minimum atomic E-state index is 0.379. The summed E-state index contributed by atoms with van der Waals surface area (Å²) in [5.41, 5.74) is 1.42. The van der Waals surface area contributed by atoms with Gasteiger partial charge in [-0.05, 0) is 44.6 Å². The van der Waals surface area contributed by atoms with Gasteiger partial charge in [0.15, 0.2) is 5.78 Å². The van der Waals surface area contributed by atoms with Gasteiger partial charge >= 0.3 is 0 Å². The Labute approximate surface area is 86.6 Å². The van der Waals surface area contributed by atoms with Crippen LogP contribution >= 0.6 is 0 Å². The first kappa shape index (κ1) is 9.95. The molecule has 0 atom stereocenters. The number of carbonyl (C=O) groups excluding carboxylic acids is 1. The van der Waals surface area contributed by atoms with Crippen molar-refractivity contribution < 1.29 is 4.79 Å². The maximum Gasteiger partial charge on any atom is 0.158 e. The highest BCUT2D eigenvalue weighted by molar-refractivity contribution is 5.92. The lowest BCUT2D eigenvalue weighted by Crippen LogP contribution is -2.09. The van der Waals surface area contributed by atoms with Crippen molar-refractivity contribution in [2.45, 2.75) is 57.8 Å². The fourth-order valence-electron chi connectivity index (χ4n) is 2.68. The summed E-state index contributed by atoms with van der Waals surface area (Å²) in [5, 5.41) is 0. The molecule has 14 heavy (non-hydrogen) atoms. The molecule has 78 valence electrons. The molecule has 2 saturated carbocycles. The van der Waals surface area contributed by atoms with Crippen LogP contribution in [0, 0.1) is 5.92 Å². The lowest BCUT2D eigenvalue weighted by Gasteiger charge is -2.14. The van der Waals surface area contributed by atoms with Gasteiger partial charge in [0, 0.05) is 5.92 Å². The Kier molecular flexibility index (Phi) is 3.39. The van der Waals surface area contributed by atoms with Crippen LogP contribution in [0.3, 0.4) is 0 Å². The zero-order valence-corrected chi connectivity index (χ0v) is 8.93. The average Bonchev–Trinajstić information content (AvgIpc) is 2.72. The summed E-state index contributed by atoms with van der Waals surface area (Å²) in [6.07, 6.45) is 13.1. The smallest absolute Gasteiger partial charge is 0.158 e. The van der Waals surface area contributed by atoms with Gasteiger partial charge in [-0.15, -0.1) is 0 Å². The van der Waals surface area contributed by atoms with E-state index in [4.69, 9.17) is 0 Å². The van der Waals surface area contributed by atoms with Crippen LogP contribution in [-0.4, -0.2) is 5.78 Å². The van der Waals surface area contributed by atoms with Gasteiger partial charge in [0.05, 0.1) is 0 Å². The minimum Gasteiger partial charge on any atom is -0.295 e. The van der Waals surface area contributed by atoms with E-state index in [-0.39, 0.29) is 0 Å². The third-order valence-corrected chi connectivity index (χ3v) is 3.60. The molecule has 0 heterocycles. The van der Waals surface area contributed by atoms with Crippen molar-refractivity contribution in [1.29, 1.82) is 0 Å². The Morgan fingerprint density at radius 1 is 1.00 bits per heavy atom. The molecule has 1 heteroatoms. The second kappa shape index (κ2) is 4.77. The predicted molar refractivity (Wildman–Crippen MR) is 58.1 cm³/mol. The topological polar surface area (TPSA) is 17.1 Å². The molecule has 2 aliphatic rings. The lowest BCUT2D eigenvalue weighted by molar-refractivity contribution is -0.118. The van der Waals surface area contributed by atoms with Gasteiger partial charge in [-0.25, -0.2) is 0 Å². The molecule has 2 rings (SSSR count). The Morgan fingerprint density at radius 3 is 2.29 bits per heavy atom. The van der Waals surface area contributed by atoms with E-state index in [2.05, 4.69) is 0 Å². The van der Waals surface area contributed by atoms with Gasteiger partial charge in [-0.2, -0.15) is 0 Å². The number of allylic oxidation sites excluding steroid dienone is 2. The number of ketones is 1. The fourth-order valence-corrected chi connectivity index (χ4v) is 2.68. The van der Waals surface area contributed by atoms with Gasteiger partial charge in [0.1, 0.15) is 0 Å². The summed E-state index contributed by atoms with van der Waals surface area (Å²) in [6, 6.07) is 0. The van der Waals surface area contributed by atoms with Crippen molar-refractivity contribution in [3.8, 4) is 0 Å². The second-order valence-electron chi connectivity index (χ2n) is 4.75. The number of hydrogen-bond acceptors (Lipinski definition) is 1. The highest BCUT2D eigenvalue weighted by Gasteiger charge is 2.21. The molecule has 0 saturated heterocycles. The van der Waals surface area contributed by atoms with Crippen LogP contribution in [0.1, 0.15) is 57.8 Å². The quantitative estimate of drug-likeness (QED) is 0.610. The van der Waals surface area contributed by atoms with E-state index in [0.717, 1.165) is 12.8 Å². The summed E-state index contributed by atoms with van der Waals surface area (Å²) < 4.78 is 0. The van der Waals surface area contributed by atoms with Crippen LogP contribution in [-0.2, 0) is 4.79 Å². The molecule has 0 aromatic rings. The first-order valence-corrected chi connectivity index (χ1v) is 6.09. The molecule has 0 bridgehead atoms. The van der Waals surface area contributed by atoms with E-state index in [1.807, 2.05) is 6.08 Å². The van der Waals surface area contributed by atoms with Crippen molar-refractivity contribution in [3.63, 3.8) is 0 Å². The van der Waals surface area contributed by atoms with Crippen LogP contribution in [0.5, 0.6) is 0 Å². The largest absolute Gasteiger partial charge is 0.295 e. The van der Waals surface area contributed by atoms with Crippen molar-refractivity contribution in [2.75, 3.05) is 0 Å². The zero-order valence-electron chi connectivity index (χ0n) is 8.93. The SMILES string of the molecule is O=C(C=C1CCCCC1)C1CCCC1. The highest BCUT2D eigenvalue weighted by Crippen LogP contribution is 2.28. The molecule has 0 unspecified atom stereocenters. The summed E-state index contributed by atoms with van der Waals surface area (Å²) in [6.45, 7) is 0. The van der Waals surface area contributed by atoms with Gasteiger partial charge in [0.2, 0.25) is 0 Å². The lowest BCUT2D eigenvalue weighted by atomic mass is 9.91. The van der Waals surface area contributed by atoms with E-state index in [1.54, 1.807) is 0 Å². The van der Waals surface area contributed by atoms with Crippen LogP contribution in [0.15, 0.2) is 11.6 Å². The van der Waals surface area contributed by atoms with E-state index in [9.17, 15) is 4.79 Å². The summed E-state index contributed by atoms with van der Waals surface area (Å²) in [5.74, 6) is 0.809. The summed E-state index contributed by atoms with van der Waals surface area (Å²) in [4.78, 5) is 11.8. The first-order chi connectivity index (χ1) is 6.86. The first-order valence-electron chi connectivity index (χ1n) is 6.09. The summed E-state index contributed by atoms with van der Waals surface area (Å²) in [7, 11) is 0. The maximum absolute atomic E-state index is 11.8. The molecular formula is C13H20O. The van der Waals surface area contributed by atoms with Crippen molar-refractivity contribution >= 4 is 5.78 Å². The molecule has 0 radical (unpaired) electrons. The van der Waals surface area contributed by atoms with Crippen LogP contribution in [0.4, 0.5) is 0 Å². The monoisotopic (exact) mass is 192 g/mol. The third-order valence-electron chi connectivity index (χ3n) is 3.60. The summed E-state index contributed by atoms with van der Waals surface area (Å²) >= 11 is 0. The van der Waals surface area contributed by atoms with Crippen molar-refractivity contribution in [2.24, 2.45) is 5.92 Å². The van der Waals surface area contributed by atoms with E-state index >= 15 is 0 Å². The Bertz CT molecular complexity index is 226. The van der Waals surface area contributed by atoms with Crippen molar-refractivity contribution in [3.05, 3.63) is 11.6 Å². The van der Waals surface area contributed by atoms with Crippen LogP contribution in [0.25, 0.3) is 0 Å². The molecule has 0 aromatic carbocycles. The Morgan fingerprint density at radius 2 is 1.64 bits per heavy atom. The molecule has 0 aromatic heterocycles. The van der Waals surface area contributed by atoms with E-state index in [1.165, 1.54) is 50.5 Å². The predicted octanol–water partition coefficient (Wildman–Crippen LogP) is 3.64. The van der Waals surface area contributed by atoms with E-state index < -0.39 is 0 Å². The highest BCUT2D eigenvalue weighted by atomic mass is 16.1. The van der Waals surface area contributed by atoms with Gasteiger partial charge < -0.3 is 0 Å². The fraction of sp³-hybridized carbons (Fsp3) is 0.769. The average molecular weight is 192 g/mol. The number of hydrogen-bond donors (Lipinski definition) is 0. The molecular weight excluding hydrogens is 172 g/mol. The zero-order chi connectivity index (χ0) is 9.80. The van der Waals surface area contributed by atoms with Crippen LogP contribution in [0.2, 0.25) is 0 Å². The molecule has 1 nitrogen and oxygen atoms in total. The number of rotatable bonds is 2. The normalized spacial score (nSPS) is 23.9. The van der Waals surface area contributed by atoms with E-state index in [0.29, 0.717) is 11.7 Å². The standard InChI is InChI=1S/C13H20O/c14-13(12-8-4-5-9-12)10-11-6-2-1-3-7-11/h10,12H,1-9H2. The molecule has 0 spiro atoms. The van der Waals surface area contributed by atoms with Gasteiger partial charge in [-0.3, -0.25) is 4.79 Å². The molecule has 0 aliphatic heterocycles. The Hall–Kier alpha value is -0.590. The van der Waals surface area contributed by atoms with Gasteiger partial charge in [-0.1, -0.05) is 24.8 Å².